The summed E-state index contributed by atoms with van der Waals surface area (Å²) >= 11 is 0. The predicted molar refractivity (Wildman–Crippen MR) is 51.5 cm³/mol. The molecule has 0 N–H and O–H groups in total. The summed E-state index contributed by atoms with van der Waals surface area (Å²) in [5, 5.41) is 8.25. The molecule has 0 spiro atoms. The highest BCUT2D eigenvalue weighted by Gasteiger charge is 2.05. The zero-order valence-corrected chi connectivity index (χ0v) is 8.78. The smallest absolute Gasteiger partial charge is 0.156 e. The summed E-state index contributed by atoms with van der Waals surface area (Å²) < 4.78 is 9.99. The van der Waals surface area contributed by atoms with Gasteiger partial charge in [0.2, 0.25) is 0 Å². The van der Waals surface area contributed by atoms with Crippen LogP contribution in [0.25, 0.3) is 0 Å². The van der Waals surface area contributed by atoms with E-state index in [0.29, 0.717) is 6.42 Å². The molecule has 0 aliphatic heterocycles. The summed E-state index contributed by atoms with van der Waals surface area (Å²) in [5.41, 5.74) is 0. The van der Waals surface area contributed by atoms with Gasteiger partial charge in [0, 0.05) is 20.6 Å². The number of ether oxygens (including phenoxy) is 2. The molecule has 0 heterocycles. The largest absolute Gasteiger partial charge is 0.356 e. The molecule has 14 heavy (non-hydrogen) atoms. The second kappa shape index (κ2) is 8.67. The minimum Gasteiger partial charge on any atom is -0.356 e. The van der Waals surface area contributed by atoms with E-state index in [-0.39, 0.29) is 18.5 Å². The fourth-order valence-corrected chi connectivity index (χ4v) is 1.14. The molecular formula is C10H17NO3. The quantitative estimate of drug-likeness (QED) is 0.440. The first-order valence-electron chi connectivity index (χ1n) is 4.68. The Labute approximate surface area is 84.8 Å². The van der Waals surface area contributed by atoms with Crippen molar-refractivity contribution in [2.75, 3.05) is 14.2 Å². The molecule has 0 amide bonds. The Bertz CT molecular complexity index is 194. The molecule has 0 bridgehead atoms. The summed E-state index contributed by atoms with van der Waals surface area (Å²) in [6, 6.07) is 1.84. The van der Waals surface area contributed by atoms with E-state index in [1.54, 1.807) is 14.2 Å². The van der Waals surface area contributed by atoms with Crippen LogP contribution in [0.2, 0.25) is 0 Å². The topological polar surface area (TPSA) is 59.3 Å². The van der Waals surface area contributed by atoms with Gasteiger partial charge in [-0.05, 0) is 19.3 Å². The lowest BCUT2D eigenvalue weighted by atomic mass is 10.1. The number of carbonyl (C=O) groups excluding carboxylic acids is 1. The zero-order valence-electron chi connectivity index (χ0n) is 8.78. The van der Waals surface area contributed by atoms with Gasteiger partial charge in [-0.15, -0.1) is 0 Å². The normalized spacial score (nSPS) is 10.1. The van der Waals surface area contributed by atoms with E-state index in [4.69, 9.17) is 14.7 Å². The lowest BCUT2D eigenvalue weighted by Gasteiger charge is -2.12. The third kappa shape index (κ3) is 6.58. The highest BCUT2D eigenvalue weighted by molar-refractivity contribution is 5.80. The molecule has 0 fully saturated rings. The Balaban J connectivity index is 3.37. The minimum absolute atomic E-state index is 0.0129. The van der Waals surface area contributed by atoms with Crippen LogP contribution < -0.4 is 0 Å². The number of Topliss-reactive ketones (excluding diaryl/α,β-unsaturated/α-hetero) is 1. The van der Waals surface area contributed by atoms with Crippen molar-refractivity contribution in [3.05, 3.63) is 0 Å². The highest BCUT2D eigenvalue weighted by atomic mass is 16.7. The van der Waals surface area contributed by atoms with Crippen molar-refractivity contribution in [3.63, 3.8) is 0 Å². The molecule has 0 rings (SSSR count). The zero-order chi connectivity index (χ0) is 10.8. The molecule has 0 aliphatic carbocycles. The van der Waals surface area contributed by atoms with Crippen LogP contribution in [-0.4, -0.2) is 26.3 Å². The third-order valence-electron chi connectivity index (χ3n) is 1.95. The molecule has 0 aromatic heterocycles. The van der Waals surface area contributed by atoms with Gasteiger partial charge < -0.3 is 9.47 Å². The molecule has 0 saturated heterocycles. The summed E-state index contributed by atoms with van der Waals surface area (Å²) in [4.78, 5) is 10.9. The van der Waals surface area contributed by atoms with Crippen LogP contribution in [0.3, 0.4) is 0 Å². The maximum absolute atomic E-state index is 10.9. The van der Waals surface area contributed by atoms with E-state index >= 15 is 0 Å². The second-order valence-corrected chi connectivity index (χ2v) is 3.02. The fourth-order valence-electron chi connectivity index (χ4n) is 1.14. The van der Waals surface area contributed by atoms with Crippen molar-refractivity contribution in [1.29, 1.82) is 5.26 Å². The van der Waals surface area contributed by atoms with Crippen LogP contribution in [0, 0.1) is 11.3 Å². The number of carbonyl (C=O) groups is 1. The number of hydrogen-bond donors (Lipinski definition) is 0. The molecule has 0 atom stereocenters. The molecule has 0 aliphatic rings. The van der Waals surface area contributed by atoms with Crippen LogP contribution >= 0.6 is 0 Å². The van der Waals surface area contributed by atoms with Gasteiger partial charge in [-0.3, -0.25) is 4.79 Å². The lowest BCUT2D eigenvalue weighted by Crippen LogP contribution is -2.12. The fraction of sp³-hybridized carbons (Fsp3) is 0.800. The summed E-state index contributed by atoms with van der Waals surface area (Å²) in [7, 11) is 3.18. The molecule has 0 saturated carbocycles. The van der Waals surface area contributed by atoms with Gasteiger partial charge in [0.25, 0.3) is 0 Å². The van der Waals surface area contributed by atoms with Crippen LogP contribution in [0.5, 0.6) is 0 Å². The number of unbranched alkanes of at least 4 members (excludes halogenated alkanes) is 1. The standard InChI is InChI=1S/C10H17NO3/c1-13-10(14-2)6-4-3-5-9(12)7-8-11/h10H,3-7H2,1-2H3. The van der Waals surface area contributed by atoms with Crippen molar-refractivity contribution in [3.8, 4) is 6.07 Å². The Morgan fingerprint density at radius 2 is 2.00 bits per heavy atom. The average Bonchev–Trinajstić information content (AvgIpc) is 2.19. The predicted octanol–water partition coefficient (Wildman–Crippen LogP) is 1.65. The van der Waals surface area contributed by atoms with Gasteiger partial charge in [-0.2, -0.15) is 5.26 Å². The summed E-state index contributed by atoms with van der Waals surface area (Å²) in [6.45, 7) is 0. The van der Waals surface area contributed by atoms with Crippen molar-refractivity contribution in [1.82, 2.24) is 0 Å². The Morgan fingerprint density at radius 3 is 2.50 bits per heavy atom. The first kappa shape index (κ1) is 13.1. The third-order valence-corrected chi connectivity index (χ3v) is 1.95. The van der Waals surface area contributed by atoms with E-state index in [9.17, 15) is 4.79 Å². The first-order valence-corrected chi connectivity index (χ1v) is 4.68. The number of nitrogens with zero attached hydrogens (tertiary/aromatic N) is 1. The van der Waals surface area contributed by atoms with Crippen molar-refractivity contribution >= 4 is 5.78 Å². The van der Waals surface area contributed by atoms with Crippen LogP contribution in [0.15, 0.2) is 0 Å². The van der Waals surface area contributed by atoms with Crippen molar-refractivity contribution in [2.45, 2.75) is 38.4 Å². The Kier molecular flexibility index (Phi) is 8.10. The van der Waals surface area contributed by atoms with Gasteiger partial charge in [-0.25, -0.2) is 0 Å². The molecule has 0 aromatic rings. The second-order valence-electron chi connectivity index (χ2n) is 3.02. The first-order chi connectivity index (χ1) is 6.74. The number of nitriles is 1. The molecule has 0 unspecified atom stereocenters. The Hall–Kier alpha value is -0.920. The van der Waals surface area contributed by atoms with Crippen LogP contribution in [0.4, 0.5) is 0 Å². The van der Waals surface area contributed by atoms with E-state index in [1.165, 1.54) is 0 Å². The molecule has 0 radical (unpaired) electrons. The SMILES string of the molecule is COC(CCCCC(=O)CC#N)OC. The minimum atomic E-state index is -0.180. The van der Waals surface area contributed by atoms with Gasteiger partial charge in [0.05, 0.1) is 12.5 Å². The van der Waals surface area contributed by atoms with Gasteiger partial charge in [0.1, 0.15) is 5.78 Å². The number of methoxy groups -OCH3 is 2. The molecular weight excluding hydrogens is 182 g/mol. The monoisotopic (exact) mass is 199 g/mol. The number of ketones is 1. The van der Waals surface area contributed by atoms with E-state index < -0.39 is 0 Å². The maximum Gasteiger partial charge on any atom is 0.156 e. The van der Waals surface area contributed by atoms with Gasteiger partial charge >= 0.3 is 0 Å². The van der Waals surface area contributed by atoms with E-state index in [2.05, 4.69) is 0 Å². The van der Waals surface area contributed by atoms with Crippen LogP contribution in [-0.2, 0) is 14.3 Å². The summed E-state index contributed by atoms with van der Waals surface area (Å²) in [6.07, 6.45) is 2.78. The van der Waals surface area contributed by atoms with E-state index in [1.807, 2.05) is 6.07 Å². The maximum atomic E-state index is 10.9. The van der Waals surface area contributed by atoms with Crippen molar-refractivity contribution < 1.29 is 14.3 Å². The lowest BCUT2D eigenvalue weighted by molar-refractivity contribution is -0.119. The summed E-state index contributed by atoms with van der Waals surface area (Å²) in [5.74, 6) is 0.0129. The molecule has 4 heteroatoms. The highest BCUT2D eigenvalue weighted by Crippen LogP contribution is 2.07. The number of hydrogen-bond acceptors (Lipinski definition) is 4. The van der Waals surface area contributed by atoms with Crippen molar-refractivity contribution in [2.24, 2.45) is 0 Å². The van der Waals surface area contributed by atoms with E-state index in [0.717, 1.165) is 19.3 Å². The van der Waals surface area contributed by atoms with Gasteiger partial charge in [-0.1, -0.05) is 0 Å². The number of rotatable bonds is 8. The van der Waals surface area contributed by atoms with Gasteiger partial charge in [0.15, 0.2) is 6.29 Å². The molecule has 0 aromatic carbocycles. The average molecular weight is 199 g/mol. The van der Waals surface area contributed by atoms with Crippen LogP contribution in [0.1, 0.15) is 32.1 Å². The molecule has 80 valence electrons. The molecule has 4 nitrogen and oxygen atoms in total. The Morgan fingerprint density at radius 1 is 1.36 bits per heavy atom.